The summed E-state index contributed by atoms with van der Waals surface area (Å²) < 4.78 is 0. The largest absolute Gasteiger partial charge is 0.337 e. The van der Waals surface area contributed by atoms with Crippen LogP contribution in [0.1, 0.15) is 20.8 Å². The zero-order valence-electron chi connectivity index (χ0n) is 10.7. The van der Waals surface area contributed by atoms with Crippen LogP contribution in [0.3, 0.4) is 0 Å². The average molecular weight is 212 g/mol. The van der Waals surface area contributed by atoms with Crippen LogP contribution >= 0.6 is 0 Å². The SMILES string of the molecule is C=CC(=O)N1CC(C)C(N(C)C)C1.CC. The molecule has 1 fully saturated rings. The zero-order valence-corrected chi connectivity index (χ0v) is 10.7. The quantitative estimate of drug-likeness (QED) is 0.649. The lowest BCUT2D eigenvalue weighted by molar-refractivity contribution is -0.125. The summed E-state index contributed by atoms with van der Waals surface area (Å²) in [7, 11) is 4.12. The van der Waals surface area contributed by atoms with E-state index in [1.54, 1.807) is 0 Å². The number of hydrogen-bond acceptors (Lipinski definition) is 2. The maximum Gasteiger partial charge on any atom is 0.246 e. The third-order valence-electron chi connectivity index (χ3n) is 2.72. The van der Waals surface area contributed by atoms with Crippen LogP contribution in [0.15, 0.2) is 12.7 Å². The molecule has 0 saturated carbocycles. The van der Waals surface area contributed by atoms with Crippen LogP contribution in [0, 0.1) is 5.92 Å². The van der Waals surface area contributed by atoms with Crippen molar-refractivity contribution in [2.24, 2.45) is 5.92 Å². The normalized spacial score (nSPS) is 24.8. The predicted octanol–water partition coefficient (Wildman–Crippen LogP) is 1.61. The average Bonchev–Trinajstić information content (AvgIpc) is 2.62. The van der Waals surface area contributed by atoms with E-state index < -0.39 is 0 Å². The Balaban J connectivity index is 0.000000921. The molecule has 0 aromatic carbocycles. The molecule has 1 aliphatic heterocycles. The van der Waals surface area contributed by atoms with Gasteiger partial charge in [-0.25, -0.2) is 0 Å². The molecule has 0 aromatic rings. The maximum absolute atomic E-state index is 11.3. The maximum atomic E-state index is 11.3. The molecule has 88 valence electrons. The minimum Gasteiger partial charge on any atom is -0.337 e. The predicted molar refractivity (Wildman–Crippen MR) is 64.8 cm³/mol. The Morgan fingerprint density at radius 3 is 2.27 bits per heavy atom. The number of amides is 1. The molecular weight excluding hydrogens is 188 g/mol. The number of likely N-dealkylation sites (N-methyl/N-ethyl adjacent to an activating group) is 1. The van der Waals surface area contributed by atoms with E-state index >= 15 is 0 Å². The molecule has 15 heavy (non-hydrogen) atoms. The highest BCUT2D eigenvalue weighted by Gasteiger charge is 2.32. The molecule has 1 heterocycles. The van der Waals surface area contributed by atoms with E-state index in [9.17, 15) is 4.79 Å². The Kier molecular flexibility index (Phi) is 6.25. The van der Waals surface area contributed by atoms with E-state index in [-0.39, 0.29) is 5.91 Å². The van der Waals surface area contributed by atoms with Gasteiger partial charge in [0.15, 0.2) is 0 Å². The highest BCUT2D eigenvalue weighted by Crippen LogP contribution is 2.19. The van der Waals surface area contributed by atoms with E-state index in [0.29, 0.717) is 12.0 Å². The van der Waals surface area contributed by atoms with Crippen LogP contribution in [0.4, 0.5) is 0 Å². The summed E-state index contributed by atoms with van der Waals surface area (Å²) in [6.07, 6.45) is 1.39. The topological polar surface area (TPSA) is 23.6 Å². The van der Waals surface area contributed by atoms with Crippen LogP contribution < -0.4 is 0 Å². The summed E-state index contributed by atoms with van der Waals surface area (Å²) in [5, 5.41) is 0. The van der Waals surface area contributed by atoms with Gasteiger partial charge >= 0.3 is 0 Å². The van der Waals surface area contributed by atoms with Gasteiger partial charge in [0.2, 0.25) is 5.91 Å². The van der Waals surface area contributed by atoms with Crippen LogP contribution in [0.5, 0.6) is 0 Å². The highest BCUT2D eigenvalue weighted by atomic mass is 16.2. The smallest absolute Gasteiger partial charge is 0.246 e. The van der Waals surface area contributed by atoms with Gasteiger partial charge in [-0.1, -0.05) is 27.4 Å². The second kappa shape index (κ2) is 6.62. The molecule has 2 atom stereocenters. The van der Waals surface area contributed by atoms with Crippen molar-refractivity contribution in [3.8, 4) is 0 Å². The van der Waals surface area contributed by atoms with Gasteiger partial charge in [0.05, 0.1) is 0 Å². The molecule has 2 unspecified atom stereocenters. The number of nitrogens with zero attached hydrogens (tertiary/aromatic N) is 2. The molecule has 0 N–H and O–H groups in total. The Hall–Kier alpha value is -0.830. The summed E-state index contributed by atoms with van der Waals surface area (Å²) in [6.45, 7) is 11.4. The molecule has 0 aromatic heterocycles. The summed E-state index contributed by atoms with van der Waals surface area (Å²) in [5.41, 5.74) is 0. The Morgan fingerprint density at radius 1 is 1.40 bits per heavy atom. The van der Waals surface area contributed by atoms with Crippen LogP contribution in [0.2, 0.25) is 0 Å². The Labute approximate surface area is 93.7 Å². The van der Waals surface area contributed by atoms with Gasteiger partial charge in [-0.05, 0) is 26.1 Å². The first-order valence-electron chi connectivity index (χ1n) is 5.64. The number of rotatable bonds is 2. The number of carbonyl (C=O) groups is 1. The van der Waals surface area contributed by atoms with Crippen molar-refractivity contribution in [1.82, 2.24) is 9.80 Å². The lowest BCUT2D eigenvalue weighted by Gasteiger charge is -2.22. The van der Waals surface area contributed by atoms with Crippen molar-refractivity contribution in [3.05, 3.63) is 12.7 Å². The molecule has 1 amide bonds. The summed E-state index contributed by atoms with van der Waals surface area (Å²) in [5.74, 6) is 0.607. The molecule has 0 spiro atoms. The van der Waals surface area contributed by atoms with Gasteiger partial charge in [0.1, 0.15) is 0 Å². The zero-order chi connectivity index (χ0) is 12.0. The minimum absolute atomic E-state index is 0.0520. The van der Waals surface area contributed by atoms with Crippen molar-refractivity contribution >= 4 is 5.91 Å². The van der Waals surface area contributed by atoms with Crippen molar-refractivity contribution in [1.29, 1.82) is 0 Å². The monoisotopic (exact) mass is 212 g/mol. The summed E-state index contributed by atoms with van der Waals surface area (Å²) >= 11 is 0. The van der Waals surface area contributed by atoms with E-state index in [0.717, 1.165) is 13.1 Å². The van der Waals surface area contributed by atoms with E-state index in [4.69, 9.17) is 0 Å². The van der Waals surface area contributed by atoms with Gasteiger partial charge in [0.25, 0.3) is 0 Å². The van der Waals surface area contributed by atoms with Crippen molar-refractivity contribution < 1.29 is 4.79 Å². The molecular formula is C12H24N2O. The third kappa shape index (κ3) is 3.67. The van der Waals surface area contributed by atoms with E-state index in [1.807, 2.05) is 18.7 Å². The second-order valence-corrected chi connectivity index (χ2v) is 3.96. The van der Waals surface area contributed by atoms with Crippen molar-refractivity contribution in [2.45, 2.75) is 26.8 Å². The van der Waals surface area contributed by atoms with Gasteiger partial charge in [-0.15, -0.1) is 0 Å². The molecule has 1 aliphatic rings. The first kappa shape index (κ1) is 14.2. The molecule has 1 rings (SSSR count). The van der Waals surface area contributed by atoms with E-state index in [1.165, 1.54) is 6.08 Å². The fourth-order valence-electron chi connectivity index (χ4n) is 1.93. The lowest BCUT2D eigenvalue weighted by Crippen LogP contribution is -2.35. The number of hydrogen-bond donors (Lipinski definition) is 0. The van der Waals surface area contributed by atoms with Gasteiger partial charge < -0.3 is 9.80 Å². The van der Waals surface area contributed by atoms with E-state index in [2.05, 4.69) is 32.5 Å². The lowest BCUT2D eigenvalue weighted by atomic mass is 10.1. The van der Waals surface area contributed by atoms with Gasteiger partial charge in [0, 0.05) is 19.1 Å². The molecule has 3 heteroatoms. The first-order chi connectivity index (χ1) is 7.06. The molecule has 3 nitrogen and oxygen atoms in total. The first-order valence-corrected chi connectivity index (χ1v) is 5.64. The number of likely N-dealkylation sites (tertiary alicyclic amines) is 1. The Morgan fingerprint density at radius 2 is 1.93 bits per heavy atom. The molecule has 0 aliphatic carbocycles. The summed E-state index contributed by atoms with van der Waals surface area (Å²) in [4.78, 5) is 15.4. The minimum atomic E-state index is 0.0520. The third-order valence-corrected chi connectivity index (χ3v) is 2.72. The molecule has 1 saturated heterocycles. The second-order valence-electron chi connectivity index (χ2n) is 3.96. The Bertz CT molecular complexity index is 214. The highest BCUT2D eigenvalue weighted by molar-refractivity contribution is 5.87. The molecule has 0 bridgehead atoms. The van der Waals surface area contributed by atoms with Crippen molar-refractivity contribution in [3.63, 3.8) is 0 Å². The number of carbonyl (C=O) groups excluding carboxylic acids is 1. The van der Waals surface area contributed by atoms with Crippen LogP contribution in [-0.4, -0.2) is 48.9 Å². The van der Waals surface area contributed by atoms with Gasteiger partial charge in [-0.3, -0.25) is 4.79 Å². The van der Waals surface area contributed by atoms with Crippen molar-refractivity contribution in [2.75, 3.05) is 27.2 Å². The fraction of sp³-hybridized carbons (Fsp3) is 0.750. The fourth-order valence-corrected chi connectivity index (χ4v) is 1.93. The molecule has 0 radical (unpaired) electrons. The summed E-state index contributed by atoms with van der Waals surface area (Å²) in [6, 6.07) is 0.490. The standard InChI is InChI=1S/C10H18N2O.C2H6/c1-5-10(13)12-6-8(2)9(7-12)11(3)4;1-2/h5,8-9H,1,6-7H2,2-4H3;1-2H3. The van der Waals surface area contributed by atoms with Crippen LogP contribution in [-0.2, 0) is 4.79 Å². The van der Waals surface area contributed by atoms with Crippen LogP contribution in [0.25, 0.3) is 0 Å². The van der Waals surface area contributed by atoms with Gasteiger partial charge in [-0.2, -0.15) is 0 Å².